The standard InChI is InChI=1S/C18H34N6S/c1-5-19-17(21-15-9-6-7-10-15)20-12-8-11-16-22-23-18(25-4)24(16)13-14(2)3/h14-15H,5-13H2,1-4H3,(H2,19,20,21). The molecule has 25 heavy (non-hydrogen) atoms. The molecule has 0 radical (unpaired) electrons. The van der Waals surface area contributed by atoms with Gasteiger partial charge in [-0.2, -0.15) is 0 Å². The molecule has 0 spiro atoms. The van der Waals surface area contributed by atoms with Crippen molar-refractivity contribution in [3.05, 3.63) is 5.82 Å². The number of aryl methyl sites for hydroxylation is 1. The largest absolute Gasteiger partial charge is 0.357 e. The van der Waals surface area contributed by atoms with E-state index in [2.05, 4.69) is 52.4 Å². The number of thioether (sulfide) groups is 1. The molecule has 1 aromatic heterocycles. The lowest BCUT2D eigenvalue weighted by Crippen LogP contribution is -2.42. The zero-order valence-electron chi connectivity index (χ0n) is 16.2. The van der Waals surface area contributed by atoms with Crippen molar-refractivity contribution in [3.63, 3.8) is 0 Å². The third-order valence-electron chi connectivity index (χ3n) is 4.39. The second kappa shape index (κ2) is 10.7. The summed E-state index contributed by atoms with van der Waals surface area (Å²) in [5.74, 6) is 2.64. The van der Waals surface area contributed by atoms with Gasteiger partial charge in [-0.05, 0) is 38.4 Å². The first-order valence-corrected chi connectivity index (χ1v) is 10.9. The lowest BCUT2D eigenvalue weighted by atomic mass is 10.2. The molecule has 6 nitrogen and oxygen atoms in total. The highest BCUT2D eigenvalue weighted by atomic mass is 32.2. The first-order chi connectivity index (χ1) is 12.1. The summed E-state index contributed by atoms with van der Waals surface area (Å²) in [5, 5.41) is 16.7. The zero-order valence-corrected chi connectivity index (χ0v) is 17.0. The Morgan fingerprint density at radius 2 is 2.08 bits per heavy atom. The third kappa shape index (κ3) is 6.53. The molecule has 7 heteroatoms. The molecule has 0 amide bonds. The van der Waals surface area contributed by atoms with E-state index in [9.17, 15) is 0 Å². The topological polar surface area (TPSA) is 67.1 Å². The molecule has 0 unspecified atom stereocenters. The first kappa shape index (κ1) is 20.1. The lowest BCUT2D eigenvalue weighted by molar-refractivity contribution is 0.477. The summed E-state index contributed by atoms with van der Waals surface area (Å²) < 4.78 is 2.26. The molecular weight excluding hydrogens is 332 g/mol. The molecule has 1 heterocycles. The molecule has 0 atom stereocenters. The Morgan fingerprint density at radius 1 is 1.32 bits per heavy atom. The molecule has 0 bridgehead atoms. The van der Waals surface area contributed by atoms with E-state index in [-0.39, 0.29) is 0 Å². The second-order valence-corrected chi connectivity index (χ2v) is 7.87. The van der Waals surface area contributed by atoms with Crippen LogP contribution in [-0.4, -0.2) is 46.1 Å². The minimum absolute atomic E-state index is 0.592. The second-order valence-electron chi connectivity index (χ2n) is 7.10. The predicted octanol–water partition coefficient (Wildman–Crippen LogP) is 3.09. The van der Waals surface area contributed by atoms with Gasteiger partial charge in [-0.25, -0.2) is 0 Å². The van der Waals surface area contributed by atoms with Crippen LogP contribution in [0.25, 0.3) is 0 Å². The predicted molar refractivity (Wildman–Crippen MR) is 106 cm³/mol. The van der Waals surface area contributed by atoms with E-state index in [1.165, 1.54) is 25.7 Å². The van der Waals surface area contributed by atoms with E-state index >= 15 is 0 Å². The zero-order chi connectivity index (χ0) is 18.1. The molecule has 1 fully saturated rings. The van der Waals surface area contributed by atoms with Crippen LogP contribution in [0.2, 0.25) is 0 Å². The van der Waals surface area contributed by atoms with E-state index < -0.39 is 0 Å². The molecule has 0 saturated heterocycles. The minimum atomic E-state index is 0.592. The number of aromatic nitrogens is 3. The maximum atomic E-state index is 4.74. The fourth-order valence-corrected chi connectivity index (χ4v) is 3.74. The molecule has 2 rings (SSSR count). The molecule has 2 N–H and O–H groups in total. The van der Waals surface area contributed by atoms with Crippen LogP contribution in [0.4, 0.5) is 0 Å². The number of nitrogens with zero attached hydrogens (tertiary/aromatic N) is 4. The molecule has 1 aliphatic rings. The monoisotopic (exact) mass is 366 g/mol. The lowest BCUT2D eigenvalue weighted by Gasteiger charge is -2.16. The van der Waals surface area contributed by atoms with Crippen molar-refractivity contribution in [2.45, 2.75) is 77.0 Å². The third-order valence-corrected chi connectivity index (χ3v) is 5.06. The summed E-state index contributed by atoms with van der Waals surface area (Å²) in [6.45, 7) is 9.27. The van der Waals surface area contributed by atoms with Crippen molar-refractivity contribution in [2.24, 2.45) is 10.9 Å². The molecular formula is C18H34N6S. The highest BCUT2D eigenvalue weighted by Gasteiger charge is 2.16. The summed E-state index contributed by atoms with van der Waals surface area (Å²) in [5.41, 5.74) is 0. The van der Waals surface area contributed by atoms with Crippen LogP contribution in [0.15, 0.2) is 10.1 Å². The fraction of sp³-hybridized carbons (Fsp3) is 0.833. The van der Waals surface area contributed by atoms with Crippen LogP contribution >= 0.6 is 11.8 Å². The molecule has 142 valence electrons. The highest BCUT2D eigenvalue weighted by Crippen LogP contribution is 2.18. The van der Waals surface area contributed by atoms with E-state index in [4.69, 9.17) is 4.99 Å². The van der Waals surface area contributed by atoms with Gasteiger partial charge in [-0.3, -0.25) is 4.99 Å². The number of rotatable bonds is 9. The van der Waals surface area contributed by atoms with Crippen molar-refractivity contribution in [3.8, 4) is 0 Å². The smallest absolute Gasteiger partial charge is 0.191 e. The molecule has 0 aliphatic heterocycles. The Bertz CT molecular complexity index is 534. The Morgan fingerprint density at radius 3 is 2.72 bits per heavy atom. The van der Waals surface area contributed by atoms with Gasteiger partial charge in [0.25, 0.3) is 0 Å². The van der Waals surface area contributed by atoms with Crippen molar-refractivity contribution in [1.82, 2.24) is 25.4 Å². The van der Waals surface area contributed by atoms with Crippen molar-refractivity contribution in [2.75, 3.05) is 19.3 Å². The molecule has 1 aromatic rings. The Labute approximate surface area is 156 Å². The van der Waals surface area contributed by atoms with Gasteiger partial charge in [0.05, 0.1) is 0 Å². The van der Waals surface area contributed by atoms with E-state index in [1.807, 2.05) is 0 Å². The summed E-state index contributed by atoms with van der Waals surface area (Å²) in [4.78, 5) is 4.74. The van der Waals surface area contributed by atoms with Crippen LogP contribution < -0.4 is 10.6 Å². The summed E-state index contributed by atoms with van der Waals surface area (Å²) in [6.07, 6.45) is 9.17. The first-order valence-electron chi connectivity index (χ1n) is 9.65. The average molecular weight is 367 g/mol. The van der Waals surface area contributed by atoms with Crippen molar-refractivity contribution in [1.29, 1.82) is 0 Å². The molecule has 1 aliphatic carbocycles. The Kier molecular flexibility index (Phi) is 8.58. The minimum Gasteiger partial charge on any atom is -0.357 e. The van der Waals surface area contributed by atoms with E-state index in [0.29, 0.717) is 12.0 Å². The van der Waals surface area contributed by atoms with E-state index in [0.717, 1.165) is 49.4 Å². The quantitative estimate of drug-likeness (QED) is 0.304. The van der Waals surface area contributed by atoms with Crippen molar-refractivity contribution < 1.29 is 0 Å². The highest BCUT2D eigenvalue weighted by molar-refractivity contribution is 7.98. The van der Waals surface area contributed by atoms with Gasteiger partial charge < -0.3 is 15.2 Å². The maximum absolute atomic E-state index is 4.74. The SMILES string of the molecule is CCNC(=NCCCc1nnc(SC)n1CC(C)C)NC1CCCC1. The molecule has 1 saturated carbocycles. The number of hydrogen-bond acceptors (Lipinski definition) is 4. The van der Waals surface area contributed by atoms with Gasteiger partial charge in [-0.15, -0.1) is 10.2 Å². The Balaban J connectivity index is 1.86. The Hall–Kier alpha value is -1.24. The summed E-state index contributed by atoms with van der Waals surface area (Å²) >= 11 is 1.67. The van der Waals surface area contributed by atoms with Gasteiger partial charge in [0.2, 0.25) is 0 Å². The summed E-state index contributed by atoms with van der Waals surface area (Å²) in [7, 11) is 0. The number of guanidine groups is 1. The van der Waals surface area contributed by atoms with Gasteiger partial charge in [0, 0.05) is 32.1 Å². The van der Waals surface area contributed by atoms with Crippen LogP contribution in [0.3, 0.4) is 0 Å². The summed E-state index contributed by atoms with van der Waals surface area (Å²) in [6, 6.07) is 0.594. The van der Waals surface area contributed by atoms with Crippen LogP contribution in [-0.2, 0) is 13.0 Å². The van der Waals surface area contributed by atoms with Crippen molar-refractivity contribution >= 4 is 17.7 Å². The normalized spacial score (nSPS) is 16.0. The van der Waals surface area contributed by atoms with E-state index in [1.54, 1.807) is 11.8 Å². The van der Waals surface area contributed by atoms with Gasteiger partial charge in [-0.1, -0.05) is 38.5 Å². The molecule has 0 aromatic carbocycles. The van der Waals surface area contributed by atoms with Crippen LogP contribution in [0.5, 0.6) is 0 Å². The maximum Gasteiger partial charge on any atom is 0.191 e. The average Bonchev–Trinajstić information content (AvgIpc) is 3.21. The van der Waals surface area contributed by atoms with Crippen LogP contribution in [0.1, 0.15) is 58.7 Å². The number of nitrogens with one attached hydrogen (secondary N) is 2. The van der Waals surface area contributed by atoms with Gasteiger partial charge in [0.15, 0.2) is 11.1 Å². The number of hydrogen-bond donors (Lipinski definition) is 2. The van der Waals surface area contributed by atoms with Gasteiger partial charge in [0.1, 0.15) is 5.82 Å². The van der Waals surface area contributed by atoms with Crippen LogP contribution in [0, 0.1) is 5.92 Å². The number of aliphatic imine (C=N–C) groups is 1. The fourth-order valence-electron chi connectivity index (χ4n) is 3.22. The van der Waals surface area contributed by atoms with Gasteiger partial charge >= 0.3 is 0 Å².